The van der Waals surface area contributed by atoms with Crippen molar-refractivity contribution >= 4 is 29.2 Å². The maximum absolute atomic E-state index is 12.0. The summed E-state index contributed by atoms with van der Waals surface area (Å²) in [5.74, 6) is 0.316. The summed E-state index contributed by atoms with van der Waals surface area (Å²) in [6.07, 6.45) is 1.75. The number of halogens is 1. The number of anilines is 1. The molecule has 2 heterocycles. The van der Waals surface area contributed by atoms with Gasteiger partial charge in [-0.15, -0.1) is 0 Å². The van der Waals surface area contributed by atoms with E-state index >= 15 is 0 Å². The lowest BCUT2D eigenvalue weighted by atomic mass is 10.2. The molecule has 1 aromatic carbocycles. The second kappa shape index (κ2) is 9.34. The fourth-order valence-electron chi connectivity index (χ4n) is 2.63. The van der Waals surface area contributed by atoms with E-state index in [9.17, 15) is 9.59 Å². The van der Waals surface area contributed by atoms with Crippen molar-refractivity contribution in [2.24, 2.45) is 0 Å². The molecular formula is C19H21ClN4O3. The van der Waals surface area contributed by atoms with E-state index < -0.39 is 0 Å². The van der Waals surface area contributed by atoms with Crippen LogP contribution in [-0.2, 0) is 16.1 Å². The second-order valence-electron chi connectivity index (χ2n) is 6.09. The monoisotopic (exact) mass is 388 g/mol. The van der Waals surface area contributed by atoms with Crippen LogP contribution in [0.5, 0.6) is 0 Å². The molecule has 0 radical (unpaired) electrons. The zero-order valence-corrected chi connectivity index (χ0v) is 15.5. The molecule has 1 aliphatic rings. The maximum Gasteiger partial charge on any atom is 0.251 e. The maximum atomic E-state index is 12.0. The number of aromatic nitrogens is 1. The number of hydrogen-bond donors (Lipinski definition) is 2. The number of ether oxygens (including phenoxy) is 1. The number of nitrogens with zero attached hydrogens (tertiary/aromatic N) is 2. The molecule has 0 spiro atoms. The van der Waals surface area contributed by atoms with Crippen LogP contribution in [0.4, 0.5) is 5.82 Å². The van der Waals surface area contributed by atoms with Crippen molar-refractivity contribution in [2.45, 2.75) is 6.54 Å². The highest BCUT2D eigenvalue weighted by Crippen LogP contribution is 2.13. The van der Waals surface area contributed by atoms with Crippen LogP contribution in [0.15, 0.2) is 42.6 Å². The van der Waals surface area contributed by atoms with E-state index in [1.807, 2.05) is 12.1 Å². The molecule has 0 saturated carbocycles. The van der Waals surface area contributed by atoms with Crippen molar-refractivity contribution < 1.29 is 14.3 Å². The molecule has 1 saturated heterocycles. The van der Waals surface area contributed by atoms with Gasteiger partial charge < -0.3 is 20.3 Å². The minimum absolute atomic E-state index is 0.0965. The lowest BCUT2D eigenvalue weighted by molar-refractivity contribution is -0.120. The number of amides is 2. The second-order valence-corrected chi connectivity index (χ2v) is 6.53. The quantitative estimate of drug-likeness (QED) is 0.785. The van der Waals surface area contributed by atoms with Crippen LogP contribution in [0.1, 0.15) is 15.9 Å². The van der Waals surface area contributed by atoms with Crippen LogP contribution in [0, 0.1) is 0 Å². The molecule has 27 heavy (non-hydrogen) atoms. The Balaban J connectivity index is 1.42. The van der Waals surface area contributed by atoms with Gasteiger partial charge in [0.25, 0.3) is 5.91 Å². The molecule has 0 unspecified atom stereocenters. The third-order valence-corrected chi connectivity index (χ3v) is 4.40. The summed E-state index contributed by atoms with van der Waals surface area (Å²) < 4.78 is 5.33. The van der Waals surface area contributed by atoms with Gasteiger partial charge in [-0.05, 0) is 35.9 Å². The summed E-state index contributed by atoms with van der Waals surface area (Å²) in [6.45, 7) is 3.34. The van der Waals surface area contributed by atoms with Gasteiger partial charge in [0.05, 0.1) is 19.8 Å². The van der Waals surface area contributed by atoms with Crippen LogP contribution >= 0.6 is 11.6 Å². The molecule has 1 aliphatic heterocycles. The van der Waals surface area contributed by atoms with Gasteiger partial charge in [-0.25, -0.2) is 4.98 Å². The third kappa shape index (κ3) is 5.67. The van der Waals surface area contributed by atoms with Crippen molar-refractivity contribution in [1.82, 2.24) is 15.6 Å². The van der Waals surface area contributed by atoms with Gasteiger partial charge in [-0.3, -0.25) is 9.59 Å². The molecule has 2 N–H and O–H groups in total. The Morgan fingerprint density at radius 1 is 1.07 bits per heavy atom. The molecule has 8 heteroatoms. The number of hydrogen-bond acceptors (Lipinski definition) is 5. The summed E-state index contributed by atoms with van der Waals surface area (Å²) in [6, 6.07) is 10.3. The number of pyridine rings is 1. The van der Waals surface area contributed by atoms with Crippen LogP contribution in [0.25, 0.3) is 0 Å². The van der Waals surface area contributed by atoms with Crippen molar-refractivity contribution in [3.05, 3.63) is 58.7 Å². The van der Waals surface area contributed by atoms with E-state index in [1.165, 1.54) is 0 Å². The summed E-state index contributed by atoms with van der Waals surface area (Å²) in [5.41, 5.74) is 1.35. The average molecular weight is 389 g/mol. The predicted octanol–water partition coefficient (Wildman–Crippen LogP) is 1.62. The van der Waals surface area contributed by atoms with Crippen LogP contribution in [0.3, 0.4) is 0 Å². The van der Waals surface area contributed by atoms with E-state index in [0.717, 1.165) is 24.5 Å². The van der Waals surface area contributed by atoms with Gasteiger partial charge in [0.15, 0.2) is 0 Å². The Labute approximate surface area is 162 Å². The number of nitrogens with one attached hydrogen (secondary N) is 2. The summed E-state index contributed by atoms with van der Waals surface area (Å²) in [4.78, 5) is 30.5. The first kappa shape index (κ1) is 19.1. The summed E-state index contributed by atoms with van der Waals surface area (Å²) >= 11 is 5.79. The lowest BCUT2D eigenvalue weighted by Gasteiger charge is -2.27. The van der Waals surface area contributed by atoms with Gasteiger partial charge in [0.2, 0.25) is 5.91 Å². The van der Waals surface area contributed by atoms with Gasteiger partial charge >= 0.3 is 0 Å². The summed E-state index contributed by atoms with van der Waals surface area (Å²) in [5, 5.41) is 5.90. The lowest BCUT2D eigenvalue weighted by Crippen LogP contribution is -2.37. The van der Waals surface area contributed by atoms with Crippen molar-refractivity contribution in [3.63, 3.8) is 0 Å². The molecule has 1 aromatic heterocycles. The molecule has 2 aromatic rings. The number of carbonyl (C=O) groups excluding carboxylic acids is 2. The standard InChI is InChI=1S/C19H21ClN4O3/c20-16-4-2-15(3-5-16)19(26)23-13-18(25)22-12-14-1-6-17(21-11-14)24-7-9-27-10-8-24/h1-6,11H,7-10,12-13H2,(H,22,25)(H,23,26). The molecule has 1 fully saturated rings. The van der Waals surface area contributed by atoms with E-state index in [2.05, 4.69) is 20.5 Å². The molecule has 3 rings (SSSR count). The topological polar surface area (TPSA) is 83.6 Å². The minimum atomic E-state index is -0.321. The van der Waals surface area contributed by atoms with Crippen LogP contribution in [-0.4, -0.2) is 49.6 Å². The fourth-order valence-corrected chi connectivity index (χ4v) is 2.75. The highest BCUT2D eigenvalue weighted by atomic mass is 35.5. The number of morpholine rings is 1. The first-order valence-corrected chi connectivity index (χ1v) is 9.08. The minimum Gasteiger partial charge on any atom is -0.378 e. The number of rotatable bonds is 6. The molecular weight excluding hydrogens is 368 g/mol. The zero-order chi connectivity index (χ0) is 19.1. The SMILES string of the molecule is O=C(CNC(=O)c1ccc(Cl)cc1)NCc1ccc(N2CCOCC2)nc1. The average Bonchev–Trinajstić information content (AvgIpc) is 2.72. The Morgan fingerprint density at radius 2 is 1.81 bits per heavy atom. The molecule has 0 aliphatic carbocycles. The predicted molar refractivity (Wildman–Crippen MR) is 103 cm³/mol. The summed E-state index contributed by atoms with van der Waals surface area (Å²) in [7, 11) is 0. The highest BCUT2D eigenvalue weighted by molar-refractivity contribution is 6.30. The third-order valence-electron chi connectivity index (χ3n) is 4.15. The first-order chi connectivity index (χ1) is 13.1. The van der Waals surface area contributed by atoms with E-state index in [4.69, 9.17) is 16.3 Å². The zero-order valence-electron chi connectivity index (χ0n) is 14.8. The van der Waals surface area contributed by atoms with E-state index in [1.54, 1.807) is 30.5 Å². The Hall–Kier alpha value is -2.64. The van der Waals surface area contributed by atoms with Gasteiger partial charge in [-0.1, -0.05) is 17.7 Å². The van der Waals surface area contributed by atoms with Gasteiger partial charge in [0, 0.05) is 36.4 Å². The Kier molecular flexibility index (Phi) is 6.62. The van der Waals surface area contributed by atoms with Gasteiger partial charge in [-0.2, -0.15) is 0 Å². The van der Waals surface area contributed by atoms with Gasteiger partial charge in [0.1, 0.15) is 5.82 Å². The Morgan fingerprint density at radius 3 is 2.48 bits per heavy atom. The number of carbonyl (C=O) groups is 2. The Bertz CT molecular complexity index is 775. The molecule has 2 amide bonds. The molecule has 142 valence electrons. The molecule has 7 nitrogen and oxygen atoms in total. The van der Waals surface area contributed by atoms with Crippen molar-refractivity contribution in [3.8, 4) is 0 Å². The largest absolute Gasteiger partial charge is 0.378 e. The number of benzene rings is 1. The smallest absolute Gasteiger partial charge is 0.251 e. The van der Waals surface area contributed by atoms with Crippen molar-refractivity contribution in [1.29, 1.82) is 0 Å². The molecule has 0 atom stereocenters. The molecule has 0 bridgehead atoms. The van der Waals surface area contributed by atoms with Crippen LogP contribution in [0.2, 0.25) is 5.02 Å². The van der Waals surface area contributed by atoms with E-state index in [0.29, 0.717) is 30.3 Å². The van der Waals surface area contributed by atoms with Crippen LogP contribution < -0.4 is 15.5 Å². The highest BCUT2D eigenvalue weighted by Gasteiger charge is 2.12. The first-order valence-electron chi connectivity index (χ1n) is 8.70. The fraction of sp³-hybridized carbons (Fsp3) is 0.316. The van der Waals surface area contributed by atoms with Crippen molar-refractivity contribution in [2.75, 3.05) is 37.7 Å². The normalized spacial score (nSPS) is 13.9. The van der Waals surface area contributed by atoms with E-state index in [-0.39, 0.29) is 18.4 Å².